The number of phenolic OH excluding ortho intramolecular Hbond substituents is 1. The fourth-order valence-electron chi connectivity index (χ4n) is 1.86. The molecule has 0 aliphatic heterocycles. The highest BCUT2D eigenvalue weighted by atomic mass is 35.5. The quantitative estimate of drug-likeness (QED) is 0.727. The molecular formula is C14H9Cl2F4NO3S. The van der Waals surface area contributed by atoms with Crippen molar-refractivity contribution in [2.24, 2.45) is 0 Å². The lowest BCUT2D eigenvalue weighted by molar-refractivity contribution is -0.137. The molecule has 0 aromatic heterocycles. The molecule has 0 aliphatic rings. The maximum absolute atomic E-state index is 13.7. The highest BCUT2D eigenvalue weighted by molar-refractivity contribution is 7.89. The smallest absolute Gasteiger partial charge is 0.416 e. The standard InChI is InChI=1S/C14H9Cl2F4NO3S/c15-9-4-10(16)13(22)12(5-9)25(23,24)21-6-7-1-2-8(3-11(7)17)14(18,19)20/h1-5,21-22H,6H2. The summed E-state index contributed by atoms with van der Waals surface area (Å²) in [7, 11) is -4.35. The molecule has 25 heavy (non-hydrogen) atoms. The minimum Gasteiger partial charge on any atom is -0.505 e. The Kier molecular flexibility index (Phi) is 5.53. The molecule has 2 aromatic carbocycles. The molecule has 4 nitrogen and oxygen atoms in total. The number of phenols is 1. The number of rotatable bonds is 4. The number of hydrogen-bond acceptors (Lipinski definition) is 3. The molecule has 0 saturated carbocycles. The first kappa shape index (κ1) is 19.8. The van der Waals surface area contributed by atoms with Crippen molar-refractivity contribution in [3.05, 3.63) is 57.3 Å². The van der Waals surface area contributed by atoms with E-state index in [-0.39, 0.29) is 21.7 Å². The second kappa shape index (κ2) is 6.99. The molecule has 2 aromatic rings. The normalized spacial score (nSPS) is 12.4. The van der Waals surface area contributed by atoms with Gasteiger partial charge in [-0.1, -0.05) is 29.3 Å². The number of hydrogen-bond donors (Lipinski definition) is 2. The van der Waals surface area contributed by atoms with Crippen LogP contribution < -0.4 is 4.72 Å². The Morgan fingerprint density at radius 1 is 1.12 bits per heavy atom. The number of halogens is 6. The summed E-state index contributed by atoms with van der Waals surface area (Å²) in [6.45, 7) is -0.643. The molecule has 2 rings (SSSR count). The first-order chi connectivity index (χ1) is 11.4. The molecule has 2 N–H and O–H groups in total. The van der Waals surface area contributed by atoms with E-state index in [2.05, 4.69) is 0 Å². The predicted molar refractivity (Wildman–Crippen MR) is 83.6 cm³/mol. The van der Waals surface area contributed by atoms with Crippen molar-refractivity contribution in [1.82, 2.24) is 4.72 Å². The molecule has 0 bridgehead atoms. The van der Waals surface area contributed by atoms with Gasteiger partial charge in [0.05, 0.1) is 10.6 Å². The topological polar surface area (TPSA) is 66.4 Å². The van der Waals surface area contributed by atoms with E-state index in [9.17, 15) is 31.1 Å². The van der Waals surface area contributed by atoms with E-state index in [1.807, 2.05) is 4.72 Å². The molecule has 11 heteroatoms. The fraction of sp³-hybridized carbons (Fsp3) is 0.143. The Morgan fingerprint density at radius 2 is 1.76 bits per heavy atom. The van der Waals surface area contributed by atoms with E-state index in [1.165, 1.54) is 0 Å². The van der Waals surface area contributed by atoms with E-state index in [4.69, 9.17) is 23.2 Å². The summed E-state index contributed by atoms with van der Waals surface area (Å²) in [6.07, 6.45) is -4.72. The maximum atomic E-state index is 13.7. The van der Waals surface area contributed by atoms with Gasteiger partial charge in [0.25, 0.3) is 0 Å². The minimum absolute atomic E-state index is 0.0658. The van der Waals surface area contributed by atoms with Crippen LogP contribution in [-0.2, 0) is 22.7 Å². The van der Waals surface area contributed by atoms with Crippen LogP contribution in [0, 0.1) is 5.82 Å². The molecule has 0 amide bonds. The summed E-state index contributed by atoms with van der Waals surface area (Å²) in [6, 6.07) is 3.74. The summed E-state index contributed by atoms with van der Waals surface area (Å²) < 4.78 is 77.5. The molecule has 0 spiro atoms. The number of aromatic hydroxyl groups is 1. The molecular weight excluding hydrogens is 409 g/mol. The first-order valence-corrected chi connectivity index (χ1v) is 8.69. The van der Waals surface area contributed by atoms with Gasteiger partial charge in [-0.2, -0.15) is 13.2 Å². The van der Waals surface area contributed by atoms with Crippen LogP contribution in [0.2, 0.25) is 10.0 Å². The summed E-state index contributed by atoms with van der Waals surface area (Å²) in [5, 5.41) is 9.35. The largest absolute Gasteiger partial charge is 0.505 e. The van der Waals surface area contributed by atoms with Gasteiger partial charge in [-0.3, -0.25) is 0 Å². The molecule has 0 aliphatic carbocycles. The van der Waals surface area contributed by atoms with Crippen molar-refractivity contribution in [3.63, 3.8) is 0 Å². The highest BCUT2D eigenvalue weighted by Crippen LogP contribution is 2.34. The average molecular weight is 418 g/mol. The molecule has 136 valence electrons. The monoisotopic (exact) mass is 417 g/mol. The van der Waals surface area contributed by atoms with Gasteiger partial charge >= 0.3 is 6.18 Å². The van der Waals surface area contributed by atoms with Crippen molar-refractivity contribution in [3.8, 4) is 5.75 Å². The van der Waals surface area contributed by atoms with Gasteiger partial charge in [-0.25, -0.2) is 17.5 Å². The lowest BCUT2D eigenvalue weighted by Gasteiger charge is -2.12. The Labute approximate surface area is 150 Å². The zero-order valence-electron chi connectivity index (χ0n) is 12.0. The van der Waals surface area contributed by atoms with Crippen molar-refractivity contribution >= 4 is 33.2 Å². The van der Waals surface area contributed by atoms with Crippen LogP contribution in [0.3, 0.4) is 0 Å². The molecule has 0 fully saturated rings. The SMILES string of the molecule is O=S(=O)(NCc1ccc(C(F)(F)F)cc1F)c1cc(Cl)cc(Cl)c1O. The Morgan fingerprint density at radius 3 is 2.32 bits per heavy atom. The average Bonchev–Trinajstić information content (AvgIpc) is 2.48. The molecule has 0 radical (unpaired) electrons. The van der Waals surface area contributed by atoms with E-state index < -0.39 is 44.8 Å². The lowest BCUT2D eigenvalue weighted by Crippen LogP contribution is -2.24. The lowest BCUT2D eigenvalue weighted by atomic mass is 10.1. The van der Waals surface area contributed by atoms with Crippen LogP contribution in [-0.4, -0.2) is 13.5 Å². The molecule has 0 atom stereocenters. The summed E-state index contributed by atoms with van der Waals surface area (Å²) >= 11 is 11.3. The summed E-state index contributed by atoms with van der Waals surface area (Å²) in [5.74, 6) is -1.99. The predicted octanol–water partition coefficient (Wildman–Crippen LogP) is 4.34. The van der Waals surface area contributed by atoms with Crippen LogP contribution in [0.15, 0.2) is 35.2 Å². The van der Waals surface area contributed by atoms with Crippen LogP contribution in [0.25, 0.3) is 0 Å². The first-order valence-electron chi connectivity index (χ1n) is 6.45. The van der Waals surface area contributed by atoms with E-state index in [0.717, 1.165) is 18.2 Å². The van der Waals surface area contributed by atoms with Gasteiger partial charge in [0, 0.05) is 17.1 Å². The van der Waals surface area contributed by atoms with Crippen LogP contribution in [0.4, 0.5) is 17.6 Å². The molecule has 0 heterocycles. The third-order valence-corrected chi connectivity index (χ3v) is 5.04. The number of sulfonamides is 1. The minimum atomic E-state index is -4.72. The fourth-order valence-corrected chi connectivity index (χ4v) is 3.63. The van der Waals surface area contributed by atoms with Gasteiger partial charge in [0.15, 0.2) is 5.75 Å². The number of benzene rings is 2. The Bertz CT molecular complexity index is 917. The highest BCUT2D eigenvalue weighted by Gasteiger charge is 2.31. The molecule has 0 saturated heterocycles. The third-order valence-electron chi connectivity index (χ3n) is 3.12. The van der Waals surface area contributed by atoms with E-state index in [1.54, 1.807) is 0 Å². The van der Waals surface area contributed by atoms with Gasteiger partial charge in [0.2, 0.25) is 10.0 Å². The summed E-state index contributed by atoms with van der Waals surface area (Å²) in [5.41, 5.74) is -1.51. The second-order valence-electron chi connectivity index (χ2n) is 4.86. The maximum Gasteiger partial charge on any atom is 0.416 e. The van der Waals surface area contributed by atoms with Crippen LogP contribution in [0.1, 0.15) is 11.1 Å². The summed E-state index contributed by atoms with van der Waals surface area (Å²) in [4.78, 5) is -0.641. The van der Waals surface area contributed by atoms with E-state index >= 15 is 0 Å². The van der Waals surface area contributed by atoms with Gasteiger partial charge in [-0.05, 0) is 24.3 Å². The van der Waals surface area contributed by atoms with Gasteiger partial charge in [-0.15, -0.1) is 0 Å². The van der Waals surface area contributed by atoms with Crippen molar-refractivity contribution in [2.45, 2.75) is 17.6 Å². The van der Waals surface area contributed by atoms with Crippen molar-refractivity contribution in [1.29, 1.82) is 0 Å². The zero-order chi connectivity index (χ0) is 19.0. The second-order valence-corrected chi connectivity index (χ2v) is 7.44. The van der Waals surface area contributed by atoms with Crippen LogP contribution in [0.5, 0.6) is 5.75 Å². The van der Waals surface area contributed by atoms with Crippen LogP contribution >= 0.6 is 23.2 Å². The van der Waals surface area contributed by atoms with Crippen molar-refractivity contribution < 1.29 is 31.1 Å². The number of alkyl halides is 3. The van der Waals surface area contributed by atoms with Crippen molar-refractivity contribution in [2.75, 3.05) is 0 Å². The number of nitrogens with one attached hydrogen (secondary N) is 1. The Hall–Kier alpha value is -1.55. The zero-order valence-corrected chi connectivity index (χ0v) is 14.4. The third kappa shape index (κ3) is 4.55. The van der Waals surface area contributed by atoms with Gasteiger partial charge < -0.3 is 5.11 Å². The van der Waals surface area contributed by atoms with E-state index in [0.29, 0.717) is 6.07 Å². The van der Waals surface area contributed by atoms with Gasteiger partial charge in [0.1, 0.15) is 10.7 Å². The molecule has 0 unspecified atom stereocenters. The Balaban J connectivity index is 2.27.